The van der Waals surface area contributed by atoms with E-state index in [0.29, 0.717) is 42.8 Å². The number of rotatable bonds is 6. The Labute approximate surface area is 198 Å². The molecule has 0 spiro atoms. The van der Waals surface area contributed by atoms with Gasteiger partial charge in [-0.15, -0.1) is 0 Å². The number of aromatic nitrogens is 4. The first-order valence-corrected chi connectivity index (χ1v) is 11.5. The van der Waals surface area contributed by atoms with Crippen LogP contribution in [-0.4, -0.2) is 55.1 Å². The lowest BCUT2D eigenvalue weighted by atomic mass is 10.1. The maximum absolute atomic E-state index is 12.8. The molecule has 2 atom stereocenters. The third-order valence-corrected chi connectivity index (χ3v) is 6.07. The van der Waals surface area contributed by atoms with Gasteiger partial charge in [0.05, 0.1) is 35.0 Å². The fourth-order valence-corrected chi connectivity index (χ4v) is 4.30. The minimum absolute atomic E-state index is 0.0885. The Bertz CT molecular complexity index is 1210. The van der Waals surface area contributed by atoms with E-state index in [9.17, 15) is 9.90 Å². The Kier molecular flexibility index (Phi) is 6.39. The number of benzene rings is 1. The Morgan fingerprint density at radius 2 is 1.94 bits per heavy atom. The average molecular weight is 475 g/mol. The zero-order valence-corrected chi connectivity index (χ0v) is 20.4. The van der Waals surface area contributed by atoms with Crippen LogP contribution in [0.25, 0.3) is 11.0 Å². The molecule has 33 heavy (non-hydrogen) atoms. The van der Waals surface area contributed by atoms with Crippen molar-refractivity contribution < 1.29 is 9.84 Å². The third kappa shape index (κ3) is 5.15. The summed E-state index contributed by atoms with van der Waals surface area (Å²) in [5.41, 5.74) is 1.35. The molecule has 0 saturated carbocycles. The topological polar surface area (TPSA) is 97.4 Å². The first-order valence-electron chi connectivity index (χ1n) is 11.1. The van der Waals surface area contributed by atoms with Gasteiger partial charge < -0.3 is 20.1 Å². The van der Waals surface area contributed by atoms with Crippen molar-refractivity contribution in [3.05, 3.63) is 39.9 Å². The van der Waals surface area contributed by atoms with E-state index < -0.39 is 5.60 Å². The van der Waals surface area contributed by atoms with E-state index >= 15 is 0 Å². The fraction of sp³-hybridized carbons (Fsp3) is 0.522. The molecule has 9 nitrogen and oxygen atoms in total. The fourth-order valence-electron chi connectivity index (χ4n) is 4.17. The summed E-state index contributed by atoms with van der Waals surface area (Å²) in [6.07, 6.45) is 2.23. The summed E-state index contributed by atoms with van der Waals surface area (Å²) in [5, 5.41) is 13.8. The summed E-state index contributed by atoms with van der Waals surface area (Å²) in [7, 11) is 1.75. The molecule has 178 valence electrons. The van der Waals surface area contributed by atoms with Gasteiger partial charge in [0, 0.05) is 32.4 Å². The molecule has 1 aliphatic heterocycles. The van der Waals surface area contributed by atoms with Crippen LogP contribution >= 0.6 is 11.6 Å². The van der Waals surface area contributed by atoms with Crippen molar-refractivity contribution in [1.82, 2.24) is 19.1 Å². The summed E-state index contributed by atoms with van der Waals surface area (Å²) < 4.78 is 9.10. The van der Waals surface area contributed by atoms with E-state index in [2.05, 4.69) is 20.2 Å². The van der Waals surface area contributed by atoms with Gasteiger partial charge in [-0.3, -0.25) is 9.13 Å². The van der Waals surface area contributed by atoms with Crippen LogP contribution in [0.2, 0.25) is 5.02 Å². The van der Waals surface area contributed by atoms with Crippen molar-refractivity contribution >= 4 is 40.1 Å². The van der Waals surface area contributed by atoms with Gasteiger partial charge in [0.25, 0.3) is 0 Å². The second-order valence-corrected chi connectivity index (χ2v) is 9.82. The highest BCUT2D eigenvalue weighted by atomic mass is 35.5. The minimum Gasteiger partial charge on any atom is -0.390 e. The summed E-state index contributed by atoms with van der Waals surface area (Å²) in [4.78, 5) is 23.9. The molecule has 0 bridgehead atoms. The molecule has 2 N–H and O–H groups in total. The number of hydrogen-bond acceptors (Lipinski definition) is 7. The zero-order chi connectivity index (χ0) is 23.9. The highest BCUT2D eigenvalue weighted by molar-refractivity contribution is 6.32. The van der Waals surface area contributed by atoms with E-state index in [-0.39, 0.29) is 17.9 Å². The maximum Gasteiger partial charge on any atom is 0.328 e. The van der Waals surface area contributed by atoms with E-state index in [1.165, 1.54) is 0 Å². The number of aryl methyl sites for hydroxylation is 2. The highest BCUT2D eigenvalue weighted by Crippen LogP contribution is 2.28. The van der Waals surface area contributed by atoms with E-state index in [1.54, 1.807) is 36.2 Å². The Morgan fingerprint density at radius 1 is 1.24 bits per heavy atom. The molecule has 0 radical (unpaired) electrons. The number of imidazole rings is 1. The number of halogens is 1. The number of morpholine rings is 1. The van der Waals surface area contributed by atoms with Crippen molar-refractivity contribution in [1.29, 1.82) is 0 Å². The van der Waals surface area contributed by atoms with Crippen molar-refractivity contribution in [3.8, 4) is 0 Å². The van der Waals surface area contributed by atoms with E-state index in [1.807, 2.05) is 32.0 Å². The van der Waals surface area contributed by atoms with Crippen LogP contribution in [0, 0.1) is 0 Å². The van der Waals surface area contributed by atoms with Gasteiger partial charge in [0.15, 0.2) is 5.82 Å². The zero-order valence-electron chi connectivity index (χ0n) is 19.7. The van der Waals surface area contributed by atoms with E-state index in [0.717, 1.165) is 16.7 Å². The van der Waals surface area contributed by atoms with Crippen LogP contribution in [0.1, 0.15) is 34.1 Å². The van der Waals surface area contributed by atoms with Crippen LogP contribution in [0.15, 0.2) is 29.2 Å². The molecule has 1 aliphatic rings. The average Bonchev–Trinajstić information content (AvgIpc) is 2.96. The molecule has 1 saturated heterocycles. The van der Waals surface area contributed by atoms with Crippen molar-refractivity contribution in [2.45, 2.75) is 58.5 Å². The van der Waals surface area contributed by atoms with Crippen LogP contribution in [0.3, 0.4) is 0 Å². The number of fused-ring (bicyclic) bond motifs is 1. The minimum atomic E-state index is -0.864. The van der Waals surface area contributed by atoms with Gasteiger partial charge in [-0.05, 0) is 52.3 Å². The van der Waals surface area contributed by atoms with E-state index in [4.69, 9.17) is 16.3 Å². The molecule has 0 aliphatic carbocycles. The second-order valence-electron chi connectivity index (χ2n) is 9.41. The molecule has 0 amide bonds. The molecule has 1 fully saturated rings. The molecule has 0 unspecified atom stereocenters. The van der Waals surface area contributed by atoms with Crippen LogP contribution in [-0.2, 0) is 18.3 Å². The summed E-state index contributed by atoms with van der Waals surface area (Å²) in [6, 6.07) is 5.68. The molecular weight excluding hydrogens is 444 g/mol. The lowest BCUT2D eigenvalue weighted by molar-refractivity contribution is -0.00571. The number of nitrogens with one attached hydrogen (secondary N) is 1. The van der Waals surface area contributed by atoms with Crippen LogP contribution in [0.4, 0.5) is 17.5 Å². The second kappa shape index (κ2) is 8.96. The normalized spacial score (nSPS) is 19.3. The summed E-state index contributed by atoms with van der Waals surface area (Å²) >= 11 is 6.40. The molecule has 3 heterocycles. The summed E-state index contributed by atoms with van der Waals surface area (Å²) in [6.45, 7) is 9.36. The third-order valence-electron chi connectivity index (χ3n) is 5.79. The molecule has 10 heteroatoms. The number of nitrogens with zero attached hydrogens (tertiary/aromatic N) is 5. The smallest absolute Gasteiger partial charge is 0.328 e. The van der Waals surface area contributed by atoms with Gasteiger partial charge in [0.2, 0.25) is 5.95 Å². The first-order chi connectivity index (χ1) is 15.5. The van der Waals surface area contributed by atoms with Gasteiger partial charge in [-0.2, -0.15) is 4.98 Å². The van der Waals surface area contributed by atoms with Gasteiger partial charge in [-0.1, -0.05) is 11.6 Å². The van der Waals surface area contributed by atoms with Crippen LogP contribution < -0.4 is 15.9 Å². The molecule has 1 aromatic carbocycles. The predicted molar refractivity (Wildman–Crippen MR) is 131 cm³/mol. The number of aliphatic hydroxyl groups is 1. The number of hydrogen-bond donors (Lipinski definition) is 2. The quantitative estimate of drug-likeness (QED) is 0.565. The largest absolute Gasteiger partial charge is 0.390 e. The van der Waals surface area contributed by atoms with Gasteiger partial charge in [0.1, 0.15) is 5.02 Å². The van der Waals surface area contributed by atoms with Gasteiger partial charge in [-0.25, -0.2) is 9.78 Å². The standard InChI is InChI=1S/C23H31ClN6O3/c1-14-12-29(13-15(2)33-14)21-25-11-17(24)20(27-21)26-16-6-7-18-19(10-16)30(22(31)28(18)5)9-8-23(3,4)32/h6-7,10-11,14-15,32H,8-9,12-13H2,1-5H3,(H,25,26,27)/t14-,15+. The first kappa shape index (κ1) is 23.5. The molecule has 3 aromatic rings. The van der Waals surface area contributed by atoms with Crippen molar-refractivity contribution in [2.75, 3.05) is 23.3 Å². The van der Waals surface area contributed by atoms with Crippen molar-refractivity contribution in [3.63, 3.8) is 0 Å². The molecule has 2 aromatic heterocycles. The van der Waals surface area contributed by atoms with Gasteiger partial charge >= 0.3 is 5.69 Å². The summed E-state index contributed by atoms with van der Waals surface area (Å²) in [5.74, 6) is 1.08. The van der Waals surface area contributed by atoms with Crippen molar-refractivity contribution in [2.24, 2.45) is 7.05 Å². The predicted octanol–water partition coefficient (Wildman–Crippen LogP) is 3.30. The Morgan fingerprint density at radius 3 is 2.61 bits per heavy atom. The Hall–Kier alpha value is -2.62. The SMILES string of the molecule is C[C@@H]1CN(c2ncc(Cl)c(Nc3ccc4c(c3)n(CCC(C)(C)O)c(=O)n4C)n2)C[C@H](C)O1. The highest BCUT2D eigenvalue weighted by Gasteiger charge is 2.25. The lowest BCUT2D eigenvalue weighted by Crippen LogP contribution is -2.46. The molecule has 4 rings (SSSR count). The number of ether oxygens (including phenoxy) is 1. The maximum atomic E-state index is 12.8. The lowest BCUT2D eigenvalue weighted by Gasteiger charge is -2.35. The number of anilines is 3. The monoisotopic (exact) mass is 474 g/mol. The molecular formula is C23H31ClN6O3. The van der Waals surface area contributed by atoms with Crippen LogP contribution in [0.5, 0.6) is 0 Å². The Balaban J connectivity index is 1.64.